The molecule has 0 saturated heterocycles. The van der Waals surface area contributed by atoms with Crippen molar-refractivity contribution in [1.82, 2.24) is 0 Å². The molecule has 0 bridgehead atoms. The zero-order chi connectivity index (χ0) is 29.8. The smallest absolute Gasteiger partial charge is 0.324 e. The molecule has 0 aliphatic heterocycles. The molecule has 0 amide bonds. The number of halogens is 7. The van der Waals surface area contributed by atoms with Gasteiger partial charge in [0.2, 0.25) is 0 Å². The number of hydrogen-bond donors (Lipinski definition) is 2. The van der Waals surface area contributed by atoms with Crippen molar-refractivity contribution in [3.8, 4) is 11.1 Å². The topological polar surface area (TPSA) is 52.0 Å². The van der Waals surface area contributed by atoms with E-state index >= 15 is 0 Å². The van der Waals surface area contributed by atoms with Gasteiger partial charge in [0.25, 0.3) is 0 Å². The minimum absolute atomic E-state index is 0.0270. The molecule has 0 fully saturated rings. The number of nitrogens with two attached hydrogens (primary N) is 2. The first-order valence-electron chi connectivity index (χ1n) is 13.0. The van der Waals surface area contributed by atoms with E-state index in [1.54, 1.807) is 18.2 Å². The molecule has 216 valence electrons. The van der Waals surface area contributed by atoms with E-state index in [0.717, 1.165) is 23.3 Å². The van der Waals surface area contributed by atoms with Crippen LogP contribution in [-0.4, -0.2) is 0 Å². The summed E-state index contributed by atoms with van der Waals surface area (Å²) in [5.74, 6) is -0.560. The van der Waals surface area contributed by atoms with Crippen LogP contribution in [0, 0.1) is 5.82 Å². The van der Waals surface area contributed by atoms with Crippen LogP contribution >= 0.6 is 0 Å². The van der Waals surface area contributed by atoms with Gasteiger partial charge in [0.15, 0.2) is 0 Å². The molecule has 0 aliphatic carbocycles. The Balaban J connectivity index is 1.63. The van der Waals surface area contributed by atoms with Gasteiger partial charge in [-0.2, -0.15) is 26.3 Å². The predicted molar refractivity (Wildman–Crippen MR) is 145 cm³/mol. The van der Waals surface area contributed by atoms with Crippen LogP contribution in [0.25, 0.3) is 11.1 Å². The van der Waals surface area contributed by atoms with E-state index in [1.807, 2.05) is 30.3 Å². The molecule has 0 heterocycles. The van der Waals surface area contributed by atoms with Crippen LogP contribution in [0.3, 0.4) is 0 Å². The standard InChI is InChI=1S/C32H29F7N2/c33-25-15-12-20(13-16-25)22(14-17-28(40)21-6-2-1-3-7-21)19-29(41)24-9-4-8-23(18-24)26-10-5-11-27(31(34,35)36)30(26)32(37,38)39/h1-13,15-16,18,22,28-29H,14,17,19,40-41H2. The van der Waals surface area contributed by atoms with E-state index in [4.69, 9.17) is 11.5 Å². The van der Waals surface area contributed by atoms with Gasteiger partial charge in [0.05, 0.1) is 11.1 Å². The van der Waals surface area contributed by atoms with Crippen LogP contribution in [0.1, 0.15) is 65.1 Å². The molecule has 41 heavy (non-hydrogen) atoms. The molecule has 4 aromatic carbocycles. The molecule has 4 rings (SSSR count). The van der Waals surface area contributed by atoms with Crippen molar-refractivity contribution in [3.05, 3.63) is 131 Å². The van der Waals surface area contributed by atoms with Crippen molar-refractivity contribution in [2.45, 2.75) is 49.6 Å². The highest BCUT2D eigenvalue weighted by Gasteiger charge is 2.44. The van der Waals surface area contributed by atoms with E-state index < -0.39 is 40.9 Å². The maximum atomic E-state index is 13.9. The van der Waals surface area contributed by atoms with E-state index in [-0.39, 0.29) is 17.5 Å². The summed E-state index contributed by atoms with van der Waals surface area (Å²) >= 11 is 0. The summed E-state index contributed by atoms with van der Waals surface area (Å²) in [7, 11) is 0. The number of benzene rings is 4. The second-order valence-corrected chi connectivity index (χ2v) is 10.0. The van der Waals surface area contributed by atoms with Gasteiger partial charge >= 0.3 is 12.4 Å². The molecule has 0 aliphatic rings. The van der Waals surface area contributed by atoms with Crippen LogP contribution < -0.4 is 11.5 Å². The first-order chi connectivity index (χ1) is 19.3. The maximum absolute atomic E-state index is 13.9. The second-order valence-electron chi connectivity index (χ2n) is 10.0. The lowest BCUT2D eigenvalue weighted by Crippen LogP contribution is -2.18. The third-order valence-electron chi connectivity index (χ3n) is 7.21. The predicted octanol–water partition coefficient (Wildman–Crippen LogP) is 9.18. The zero-order valence-corrected chi connectivity index (χ0v) is 21.9. The summed E-state index contributed by atoms with van der Waals surface area (Å²) in [6, 6.07) is 22.9. The van der Waals surface area contributed by atoms with Crippen molar-refractivity contribution in [2.24, 2.45) is 11.5 Å². The Labute approximate surface area is 233 Å². The Morgan fingerprint density at radius 1 is 0.585 bits per heavy atom. The fraction of sp³-hybridized carbons (Fsp3) is 0.250. The Kier molecular flexibility index (Phi) is 9.19. The lowest BCUT2D eigenvalue weighted by Gasteiger charge is -2.24. The normalized spacial score (nSPS) is 14.5. The monoisotopic (exact) mass is 574 g/mol. The van der Waals surface area contributed by atoms with Crippen LogP contribution in [0.2, 0.25) is 0 Å². The summed E-state index contributed by atoms with van der Waals surface area (Å²) in [5.41, 5.74) is 11.1. The van der Waals surface area contributed by atoms with Gasteiger partial charge in [-0.1, -0.05) is 72.8 Å². The summed E-state index contributed by atoms with van der Waals surface area (Å²) in [4.78, 5) is 0. The molecule has 4 N–H and O–H groups in total. The third kappa shape index (κ3) is 7.54. The summed E-state index contributed by atoms with van der Waals surface area (Å²) in [6.07, 6.45) is -8.87. The van der Waals surface area contributed by atoms with Gasteiger partial charge in [-0.25, -0.2) is 4.39 Å². The van der Waals surface area contributed by atoms with Gasteiger partial charge < -0.3 is 11.5 Å². The number of rotatable bonds is 9. The Hall–Kier alpha value is -3.69. The highest BCUT2D eigenvalue weighted by Crippen LogP contribution is 2.45. The van der Waals surface area contributed by atoms with E-state index in [2.05, 4.69) is 0 Å². The first-order valence-corrected chi connectivity index (χ1v) is 13.0. The molecule has 9 heteroatoms. The molecule has 3 unspecified atom stereocenters. The fourth-order valence-electron chi connectivity index (χ4n) is 5.12. The molecule has 4 aromatic rings. The van der Waals surface area contributed by atoms with Gasteiger partial charge in [0.1, 0.15) is 5.82 Å². The summed E-state index contributed by atoms with van der Waals surface area (Å²) < 4.78 is 95.8. The average molecular weight is 575 g/mol. The van der Waals surface area contributed by atoms with Crippen molar-refractivity contribution >= 4 is 0 Å². The quantitative estimate of drug-likeness (QED) is 0.196. The molecular formula is C32H29F7N2. The van der Waals surface area contributed by atoms with Crippen molar-refractivity contribution in [1.29, 1.82) is 0 Å². The van der Waals surface area contributed by atoms with Crippen LogP contribution in [0.4, 0.5) is 30.7 Å². The Morgan fingerprint density at radius 2 is 1.22 bits per heavy atom. The van der Waals surface area contributed by atoms with E-state index in [1.165, 1.54) is 30.3 Å². The summed E-state index contributed by atoms with van der Waals surface area (Å²) in [5, 5.41) is 0. The first kappa shape index (κ1) is 30.3. The lowest BCUT2D eigenvalue weighted by molar-refractivity contribution is -0.161. The molecule has 2 nitrogen and oxygen atoms in total. The minimum Gasteiger partial charge on any atom is -0.324 e. The van der Waals surface area contributed by atoms with Crippen molar-refractivity contribution < 1.29 is 30.7 Å². The Morgan fingerprint density at radius 3 is 1.85 bits per heavy atom. The fourth-order valence-corrected chi connectivity index (χ4v) is 5.12. The van der Waals surface area contributed by atoms with E-state index in [0.29, 0.717) is 30.9 Å². The molecule has 0 spiro atoms. The Bertz CT molecular complexity index is 1430. The average Bonchev–Trinajstić information content (AvgIpc) is 2.94. The molecule has 3 atom stereocenters. The molecule has 0 radical (unpaired) electrons. The highest BCUT2D eigenvalue weighted by molar-refractivity contribution is 5.70. The van der Waals surface area contributed by atoms with Crippen LogP contribution in [0.5, 0.6) is 0 Å². The number of hydrogen-bond acceptors (Lipinski definition) is 2. The second kappa shape index (κ2) is 12.4. The summed E-state index contributed by atoms with van der Waals surface area (Å²) in [6.45, 7) is 0. The number of alkyl halides is 6. The zero-order valence-electron chi connectivity index (χ0n) is 21.9. The minimum atomic E-state index is -5.23. The largest absolute Gasteiger partial charge is 0.417 e. The lowest BCUT2D eigenvalue weighted by atomic mass is 9.84. The molecule has 0 aromatic heterocycles. The van der Waals surface area contributed by atoms with Crippen LogP contribution in [-0.2, 0) is 12.4 Å². The van der Waals surface area contributed by atoms with Crippen molar-refractivity contribution in [3.63, 3.8) is 0 Å². The highest BCUT2D eigenvalue weighted by atomic mass is 19.4. The maximum Gasteiger partial charge on any atom is 0.417 e. The van der Waals surface area contributed by atoms with Gasteiger partial charge in [-0.05, 0) is 77.3 Å². The van der Waals surface area contributed by atoms with Crippen LogP contribution in [0.15, 0.2) is 97.1 Å². The SMILES string of the molecule is NC(CCC(CC(N)c1cccc(-c2cccc(C(F)(F)F)c2C(F)(F)F)c1)c1ccc(F)cc1)c1ccccc1. The van der Waals surface area contributed by atoms with Crippen molar-refractivity contribution in [2.75, 3.05) is 0 Å². The third-order valence-corrected chi connectivity index (χ3v) is 7.21. The molecular weight excluding hydrogens is 545 g/mol. The van der Waals surface area contributed by atoms with Gasteiger partial charge in [-0.15, -0.1) is 0 Å². The van der Waals surface area contributed by atoms with E-state index in [9.17, 15) is 30.7 Å². The van der Waals surface area contributed by atoms with Gasteiger partial charge in [0, 0.05) is 12.1 Å². The van der Waals surface area contributed by atoms with Gasteiger partial charge in [-0.3, -0.25) is 0 Å². The molecule has 0 saturated carbocycles.